The molecule has 0 bridgehead atoms. The summed E-state index contributed by atoms with van der Waals surface area (Å²) >= 11 is 0. The van der Waals surface area contributed by atoms with Crippen molar-refractivity contribution in [3.8, 4) is 0 Å². The lowest BCUT2D eigenvalue weighted by Gasteiger charge is -2.16. The highest BCUT2D eigenvalue weighted by molar-refractivity contribution is 7.48. The summed E-state index contributed by atoms with van der Waals surface area (Å²) in [5.74, 6) is -0.394. The minimum Gasteiger partial charge on any atom is -0.511 e. The van der Waals surface area contributed by atoms with Crippen LogP contribution in [-0.2, 0) is 27.3 Å². The van der Waals surface area contributed by atoms with Crippen molar-refractivity contribution in [2.75, 3.05) is 6.61 Å². The molecule has 0 aliphatic carbocycles. The van der Waals surface area contributed by atoms with Gasteiger partial charge in [0, 0.05) is 6.42 Å². The maximum Gasteiger partial charge on any atom is 0.772 e. The predicted molar refractivity (Wildman–Crippen MR) is 121 cm³/mol. The molecule has 0 aromatic rings. The van der Waals surface area contributed by atoms with Gasteiger partial charge in [-0.15, -0.1) is 0 Å². The Hall–Kier alpha value is -0.763. The Morgan fingerprint density at radius 2 is 1.29 bits per heavy atom. The van der Waals surface area contributed by atoms with Crippen molar-refractivity contribution in [2.45, 2.75) is 123 Å². The van der Waals surface area contributed by atoms with Gasteiger partial charge in [-0.05, 0) is 13.3 Å². The monoisotopic (exact) mass is 482 g/mol. The quantitative estimate of drug-likeness (QED) is 0.0870. The molecule has 0 saturated heterocycles. The van der Waals surface area contributed by atoms with Crippen molar-refractivity contribution < 1.29 is 37.0 Å². The SMILES string of the molecule is CCCCCCCCCCCCCCCCCC(=O)OCC(C)OP(=O)(O)O[Si](=O)O. The zero-order valence-electron chi connectivity index (χ0n) is 19.4. The summed E-state index contributed by atoms with van der Waals surface area (Å²) in [5, 5.41) is 0. The molecular weight excluding hydrogens is 439 g/mol. The van der Waals surface area contributed by atoms with Crippen LogP contribution in [0.5, 0.6) is 0 Å². The molecule has 0 aromatic carbocycles. The fourth-order valence-electron chi connectivity index (χ4n) is 3.30. The lowest BCUT2D eigenvalue weighted by atomic mass is 10.0. The Labute approximate surface area is 189 Å². The van der Waals surface area contributed by atoms with Crippen molar-refractivity contribution in [3.05, 3.63) is 0 Å². The molecule has 0 aromatic heterocycles. The molecular formula is C21H43O8PSi. The second-order valence-corrected chi connectivity index (χ2v) is 10.5. The maximum atomic E-state index is 11.7. The molecule has 184 valence electrons. The van der Waals surface area contributed by atoms with E-state index >= 15 is 0 Å². The molecule has 2 N–H and O–H groups in total. The van der Waals surface area contributed by atoms with Crippen LogP contribution in [0.25, 0.3) is 0 Å². The largest absolute Gasteiger partial charge is 0.772 e. The normalized spacial score (nSPS) is 14.0. The van der Waals surface area contributed by atoms with Crippen LogP contribution in [0.2, 0.25) is 0 Å². The number of carbonyl (C=O) groups is 1. The molecule has 0 aliphatic rings. The molecule has 0 amide bonds. The number of unbranched alkanes of at least 4 members (excludes halogenated alkanes) is 14. The number of phosphoric acid groups is 1. The average Bonchev–Trinajstić information content (AvgIpc) is 2.68. The van der Waals surface area contributed by atoms with E-state index in [4.69, 9.17) is 9.53 Å². The van der Waals surface area contributed by atoms with E-state index in [0.717, 1.165) is 19.3 Å². The van der Waals surface area contributed by atoms with Crippen LogP contribution >= 0.6 is 7.82 Å². The highest BCUT2D eigenvalue weighted by atomic mass is 31.2. The zero-order chi connectivity index (χ0) is 23.4. The fourth-order valence-corrected chi connectivity index (χ4v) is 4.78. The summed E-state index contributed by atoms with van der Waals surface area (Å²) in [6.45, 7) is 3.43. The number of phosphoric ester groups is 1. The number of ether oxygens (including phenoxy) is 1. The zero-order valence-corrected chi connectivity index (χ0v) is 21.3. The van der Waals surface area contributed by atoms with Gasteiger partial charge >= 0.3 is 23.0 Å². The molecule has 31 heavy (non-hydrogen) atoms. The Balaban J connectivity index is 3.45. The van der Waals surface area contributed by atoms with Crippen molar-refractivity contribution in [1.29, 1.82) is 0 Å². The molecule has 0 saturated carbocycles. The van der Waals surface area contributed by atoms with Crippen LogP contribution in [0.4, 0.5) is 0 Å². The first kappa shape index (κ1) is 30.2. The average molecular weight is 483 g/mol. The molecule has 0 fully saturated rings. The Kier molecular flexibility index (Phi) is 19.4. The second kappa shape index (κ2) is 19.9. The topological polar surface area (TPSA) is 119 Å². The van der Waals surface area contributed by atoms with Gasteiger partial charge in [-0.3, -0.25) is 18.7 Å². The van der Waals surface area contributed by atoms with E-state index in [0.29, 0.717) is 6.42 Å². The van der Waals surface area contributed by atoms with Gasteiger partial charge in [-0.2, -0.15) is 0 Å². The lowest BCUT2D eigenvalue weighted by molar-refractivity contribution is -0.146. The molecule has 0 heterocycles. The summed E-state index contributed by atoms with van der Waals surface area (Å²) in [4.78, 5) is 29.4. The van der Waals surface area contributed by atoms with Gasteiger partial charge < -0.3 is 13.7 Å². The maximum absolute atomic E-state index is 11.7. The van der Waals surface area contributed by atoms with Gasteiger partial charge in [0.1, 0.15) is 12.7 Å². The van der Waals surface area contributed by atoms with Gasteiger partial charge in [0.05, 0.1) is 0 Å². The van der Waals surface area contributed by atoms with Crippen molar-refractivity contribution in [2.24, 2.45) is 0 Å². The molecule has 0 rings (SSSR count). The van der Waals surface area contributed by atoms with Gasteiger partial charge in [-0.25, -0.2) is 4.57 Å². The minimum absolute atomic E-state index is 0.224. The van der Waals surface area contributed by atoms with E-state index in [1.54, 1.807) is 0 Å². The molecule has 0 radical (unpaired) electrons. The van der Waals surface area contributed by atoms with Crippen LogP contribution in [0, 0.1) is 0 Å². The summed E-state index contributed by atoms with van der Waals surface area (Å²) in [6.07, 6.45) is 18.2. The number of hydrogen-bond acceptors (Lipinski definition) is 6. The lowest BCUT2D eigenvalue weighted by Crippen LogP contribution is -2.19. The van der Waals surface area contributed by atoms with Crippen LogP contribution in [0.15, 0.2) is 0 Å². The third kappa shape index (κ3) is 22.2. The first-order valence-corrected chi connectivity index (χ1v) is 14.6. The number of rotatable bonds is 22. The smallest absolute Gasteiger partial charge is 0.511 e. The number of hydrogen-bond donors (Lipinski definition) is 2. The second-order valence-electron chi connectivity index (χ2n) is 8.12. The molecule has 8 nitrogen and oxygen atoms in total. The van der Waals surface area contributed by atoms with Crippen molar-refractivity contribution in [1.82, 2.24) is 0 Å². The third-order valence-electron chi connectivity index (χ3n) is 4.97. The molecule has 2 unspecified atom stereocenters. The number of esters is 1. The first-order chi connectivity index (χ1) is 14.8. The Morgan fingerprint density at radius 3 is 1.71 bits per heavy atom. The van der Waals surface area contributed by atoms with E-state index in [9.17, 15) is 18.7 Å². The van der Waals surface area contributed by atoms with Gasteiger partial charge in [0.15, 0.2) is 0 Å². The van der Waals surface area contributed by atoms with Crippen LogP contribution in [0.1, 0.15) is 117 Å². The standard InChI is InChI=1S/C21H43O8PSi/c1-3-4-5-6-7-8-9-10-11-12-13-14-15-16-17-18-21(22)27-19-20(2)28-30(23,24)29-31(25)26/h20,25H,3-19H2,1-2H3,(H,23,24). The van der Waals surface area contributed by atoms with E-state index in [2.05, 4.69) is 15.7 Å². The van der Waals surface area contributed by atoms with E-state index < -0.39 is 29.1 Å². The van der Waals surface area contributed by atoms with Crippen LogP contribution in [-0.4, -0.2) is 37.5 Å². The molecule has 2 atom stereocenters. The highest BCUT2D eigenvalue weighted by Gasteiger charge is 2.30. The molecule has 10 heteroatoms. The van der Waals surface area contributed by atoms with Gasteiger partial charge in [-0.1, -0.05) is 96.8 Å². The number of carbonyl (C=O) groups excluding carboxylic acids is 1. The Morgan fingerprint density at radius 1 is 0.871 bits per heavy atom. The molecule has 0 spiro atoms. The van der Waals surface area contributed by atoms with Crippen LogP contribution < -0.4 is 0 Å². The van der Waals surface area contributed by atoms with Gasteiger partial charge in [0.2, 0.25) is 0 Å². The minimum atomic E-state index is -4.63. The molecule has 0 aliphatic heterocycles. The van der Waals surface area contributed by atoms with Crippen molar-refractivity contribution in [3.63, 3.8) is 0 Å². The summed E-state index contributed by atoms with van der Waals surface area (Å²) in [6, 6.07) is 0. The predicted octanol–water partition coefficient (Wildman–Crippen LogP) is 5.72. The van der Waals surface area contributed by atoms with E-state index in [1.807, 2.05) is 0 Å². The van der Waals surface area contributed by atoms with Gasteiger partial charge in [0.25, 0.3) is 0 Å². The van der Waals surface area contributed by atoms with Crippen LogP contribution in [0.3, 0.4) is 0 Å². The fraction of sp³-hybridized carbons (Fsp3) is 0.952. The summed E-state index contributed by atoms with van der Waals surface area (Å²) in [7, 11) is -8.22. The van der Waals surface area contributed by atoms with E-state index in [-0.39, 0.29) is 6.61 Å². The van der Waals surface area contributed by atoms with Crippen molar-refractivity contribution >= 4 is 23.0 Å². The Bertz CT molecular complexity index is 518. The third-order valence-corrected chi connectivity index (χ3v) is 7.14. The highest BCUT2D eigenvalue weighted by Crippen LogP contribution is 2.44. The first-order valence-electron chi connectivity index (χ1n) is 11.9. The van der Waals surface area contributed by atoms with E-state index in [1.165, 1.54) is 84.0 Å². The summed E-state index contributed by atoms with van der Waals surface area (Å²) in [5.41, 5.74) is 0. The summed E-state index contributed by atoms with van der Waals surface area (Å²) < 4.78 is 35.3.